The minimum Gasteiger partial charge on any atom is -0.393 e. The van der Waals surface area contributed by atoms with Crippen LogP contribution >= 0.6 is 0 Å². The maximum absolute atomic E-state index is 9.17. The van der Waals surface area contributed by atoms with Crippen LogP contribution < -0.4 is 5.32 Å². The summed E-state index contributed by atoms with van der Waals surface area (Å²) in [7, 11) is 0. The smallest absolute Gasteiger partial charge is 0.0524 e. The third-order valence-corrected chi connectivity index (χ3v) is 2.50. The second-order valence-electron chi connectivity index (χ2n) is 4.37. The molecular formula is C10H22N2O. The van der Waals surface area contributed by atoms with E-state index < -0.39 is 0 Å². The van der Waals surface area contributed by atoms with Gasteiger partial charge in [0, 0.05) is 31.7 Å². The molecule has 78 valence electrons. The standard InChI is InChI=1S/C10H22N2O/c1-8-6-12(5-4-10(3)13)7-9(2)11-8/h8-11,13H,4-7H2,1-3H3/t8-,9+,10?. The number of piperazine rings is 1. The first-order valence-corrected chi connectivity index (χ1v) is 5.24. The first-order valence-electron chi connectivity index (χ1n) is 5.24. The molecule has 0 amide bonds. The monoisotopic (exact) mass is 186 g/mol. The van der Waals surface area contributed by atoms with Gasteiger partial charge < -0.3 is 15.3 Å². The molecule has 3 heteroatoms. The third-order valence-electron chi connectivity index (χ3n) is 2.50. The number of hydrogen-bond acceptors (Lipinski definition) is 3. The molecule has 3 nitrogen and oxygen atoms in total. The van der Waals surface area contributed by atoms with Crippen molar-refractivity contribution in [3.63, 3.8) is 0 Å². The van der Waals surface area contributed by atoms with E-state index in [4.69, 9.17) is 0 Å². The predicted octanol–water partition coefficient (Wildman–Crippen LogP) is 0.439. The van der Waals surface area contributed by atoms with Crippen molar-refractivity contribution < 1.29 is 5.11 Å². The van der Waals surface area contributed by atoms with Gasteiger partial charge in [0.2, 0.25) is 0 Å². The number of rotatable bonds is 3. The van der Waals surface area contributed by atoms with Gasteiger partial charge in [0.05, 0.1) is 6.10 Å². The Balaban J connectivity index is 2.25. The predicted molar refractivity (Wildman–Crippen MR) is 54.8 cm³/mol. The molecule has 0 aromatic rings. The van der Waals surface area contributed by atoms with E-state index in [0.29, 0.717) is 12.1 Å². The van der Waals surface area contributed by atoms with Gasteiger partial charge in [-0.25, -0.2) is 0 Å². The zero-order valence-corrected chi connectivity index (χ0v) is 8.95. The molecule has 1 fully saturated rings. The lowest BCUT2D eigenvalue weighted by molar-refractivity contribution is 0.128. The van der Waals surface area contributed by atoms with Gasteiger partial charge >= 0.3 is 0 Å². The van der Waals surface area contributed by atoms with E-state index in [9.17, 15) is 5.11 Å². The number of nitrogens with one attached hydrogen (secondary N) is 1. The van der Waals surface area contributed by atoms with Gasteiger partial charge in [-0.15, -0.1) is 0 Å². The van der Waals surface area contributed by atoms with Gasteiger partial charge in [-0.05, 0) is 27.2 Å². The van der Waals surface area contributed by atoms with Crippen molar-refractivity contribution in [1.82, 2.24) is 10.2 Å². The minimum atomic E-state index is -0.166. The van der Waals surface area contributed by atoms with Gasteiger partial charge in [-0.1, -0.05) is 0 Å². The lowest BCUT2D eigenvalue weighted by atomic mass is 10.1. The summed E-state index contributed by atoms with van der Waals surface area (Å²) in [5, 5.41) is 12.7. The molecule has 1 aliphatic heterocycles. The summed E-state index contributed by atoms with van der Waals surface area (Å²) in [6, 6.07) is 1.16. The maximum Gasteiger partial charge on any atom is 0.0524 e. The van der Waals surface area contributed by atoms with E-state index in [1.165, 1.54) is 0 Å². The fourth-order valence-electron chi connectivity index (χ4n) is 1.99. The molecule has 0 radical (unpaired) electrons. The van der Waals surface area contributed by atoms with Crippen LogP contribution in [0.25, 0.3) is 0 Å². The molecule has 0 aromatic carbocycles. The van der Waals surface area contributed by atoms with Crippen LogP contribution in [0, 0.1) is 0 Å². The van der Waals surface area contributed by atoms with E-state index in [0.717, 1.165) is 26.1 Å². The molecule has 13 heavy (non-hydrogen) atoms. The molecule has 1 rings (SSSR count). The molecular weight excluding hydrogens is 164 g/mol. The lowest BCUT2D eigenvalue weighted by Crippen LogP contribution is -2.54. The van der Waals surface area contributed by atoms with Gasteiger partial charge in [0.15, 0.2) is 0 Å². The van der Waals surface area contributed by atoms with Crippen molar-refractivity contribution in [2.75, 3.05) is 19.6 Å². The largest absolute Gasteiger partial charge is 0.393 e. The van der Waals surface area contributed by atoms with E-state index in [-0.39, 0.29) is 6.10 Å². The first kappa shape index (κ1) is 11.0. The Labute approximate surface area is 81.1 Å². The van der Waals surface area contributed by atoms with Crippen molar-refractivity contribution in [2.45, 2.75) is 45.4 Å². The summed E-state index contributed by atoms with van der Waals surface area (Å²) in [6.07, 6.45) is 0.722. The van der Waals surface area contributed by atoms with E-state index >= 15 is 0 Å². The number of nitrogens with zero attached hydrogens (tertiary/aromatic N) is 1. The Morgan fingerprint density at radius 1 is 1.38 bits per heavy atom. The molecule has 0 aliphatic carbocycles. The molecule has 1 aliphatic rings. The highest BCUT2D eigenvalue weighted by atomic mass is 16.3. The third kappa shape index (κ3) is 4.07. The van der Waals surface area contributed by atoms with Crippen LogP contribution in [-0.2, 0) is 0 Å². The normalized spacial score (nSPS) is 33.2. The van der Waals surface area contributed by atoms with Crippen molar-refractivity contribution >= 4 is 0 Å². The van der Waals surface area contributed by atoms with Gasteiger partial charge in [0.25, 0.3) is 0 Å². The zero-order chi connectivity index (χ0) is 9.84. The minimum absolute atomic E-state index is 0.166. The summed E-state index contributed by atoms with van der Waals surface area (Å²) in [6.45, 7) is 9.52. The van der Waals surface area contributed by atoms with Crippen LogP contribution in [0.15, 0.2) is 0 Å². The molecule has 0 aromatic heterocycles. The zero-order valence-electron chi connectivity index (χ0n) is 8.95. The van der Waals surface area contributed by atoms with Crippen molar-refractivity contribution in [2.24, 2.45) is 0 Å². The molecule has 2 N–H and O–H groups in total. The molecule has 1 heterocycles. The van der Waals surface area contributed by atoms with Crippen LogP contribution in [0.1, 0.15) is 27.2 Å². The fourth-order valence-corrected chi connectivity index (χ4v) is 1.99. The lowest BCUT2D eigenvalue weighted by Gasteiger charge is -2.36. The molecule has 0 saturated carbocycles. The first-order chi connectivity index (χ1) is 6.08. The van der Waals surface area contributed by atoms with Crippen LogP contribution in [0.4, 0.5) is 0 Å². The fraction of sp³-hybridized carbons (Fsp3) is 1.00. The Bertz CT molecular complexity index is 140. The Morgan fingerprint density at radius 2 is 1.92 bits per heavy atom. The average molecular weight is 186 g/mol. The maximum atomic E-state index is 9.17. The molecule has 0 spiro atoms. The Kier molecular flexibility index (Phi) is 4.16. The van der Waals surface area contributed by atoms with Crippen LogP contribution in [0.2, 0.25) is 0 Å². The van der Waals surface area contributed by atoms with E-state index in [1.807, 2.05) is 6.92 Å². The van der Waals surface area contributed by atoms with Crippen molar-refractivity contribution in [3.8, 4) is 0 Å². The molecule has 0 bridgehead atoms. The summed E-state index contributed by atoms with van der Waals surface area (Å²) in [5.74, 6) is 0. The highest BCUT2D eigenvalue weighted by molar-refractivity contribution is 4.80. The number of hydrogen-bond donors (Lipinski definition) is 2. The van der Waals surface area contributed by atoms with E-state index in [2.05, 4.69) is 24.1 Å². The van der Waals surface area contributed by atoms with Crippen molar-refractivity contribution in [1.29, 1.82) is 0 Å². The topological polar surface area (TPSA) is 35.5 Å². The van der Waals surface area contributed by atoms with Crippen LogP contribution in [-0.4, -0.2) is 47.8 Å². The second kappa shape index (κ2) is 4.94. The second-order valence-corrected chi connectivity index (χ2v) is 4.37. The highest BCUT2D eigenvalue weighted by Crippen LogP contribution is 2.05. The Hall–Kier alpha value is -0.120. The average Bonchev–Trinajstić information content (AvgIpc) is 1.99. The van der Waals surface area contributed by atoms with Crippen LogP contribution in [0.5, 0.6) is 0 Å². The number of aliphatic hydroxyl groups excluding tert-OH is 1. The van der Waals surface area contributed by atoms with E-state index in [1.54, 1.807) is 0 Å². The van der Waals surface area contributed by atoms with Gasteiger partial charge in [-0.3, -0.25) is 0 Å². The molecule has 1 unspecified atom stereocenters. The number of aliphatic hydroxyl groups is 1. The summed E-state index contributed by atoms with van der Waals surface area (Å²) >= 11 is 0. The summed E-state index contributed by atoms with van der Waals surface area (Å²) in [4.78, 5) is 2.43. The summed E-state index contributed by atoms with van der Waals surface area (Å²) < 4.78 is 0. The van der Waals surface area contributed by atoms with Gasteiger partial charge in [-0.2, -0.15) is 0 Å². The molecule has 3 atom stereocenters. The van der Waals surface area contributed by atoms with Crippen molar-refractivity contribution in [3.05, 3.63) is 0 Å². The summed E-state index contributed by atoms with van der Waals surface area (Å²) in [5.41, 5.74) is 0. The quantitative estimate of drug-likeness (QED) is 0.671. The molecule has 1 saturated heterocycles. The Morgan fingerprint density at radius 3 is 2.38 bits per heavy atom. The van der Waals surface area contributed by atoms with Crippen LogP contribution in [0.3, 0.4) is 0 Å². The highest BCUT2D eigenvalue weighted by Gasteiger charge is 2.20. The SMILES string of the molecule is CC(O)CCN1C[C@@H](C)N[C@@H](C)C1. The van der Waals surface area contributed by atoms with Gasteiger partial charge in [0.1, 0.15) is 0 Å².